The Bertz CT molecular complexity index is 537. The van der Waals surface area contributed by atoms with E-state index in [0.717, 1.165) is 9.26 Å². The fraction of sp³-hybridized carbons (Fsp3) is 0.667. The first-order chi connectivity index (χ1) is 7.25. The average Bonchev–Trinajstić information content (AvgIpc) is 2.59. The number of sulfone groups is 1. The van der Waals surface area contributed by atoms with Gasteiger partial charge >= 0.3 is 0 Å². The lowest BCUT2D eigenvalue weighted by molar-refractivity contribution is 0.333. The van der Waals surface area contributed by atoms with Gasteiger partial charge < -0.3 is 5.73 Å². The van der Waals surface area contributed by atoms with Gasteiger partial charge in [0.15, 0.2) is 9.84 Å². The predicted molar refractivity (Wildman–Crippen MR) is 71.0 cm³/mol. The third-order valence-electron chi connectivity index (χ3n) is 3.01. The summed E-state index contributed by atoms with van der Waals surface area (Å²) in [6, 6.07) is 0. The number of hydrogen-bond acceptors (Lipinski definition) is 4. The summed E-state index contributed by atoms with van der Waals surface area (Å²) in [4.78, 5) is 0. The Kier molecular flexibility index (Phi) is 2.73. The number of anilines is 1. The standard InChI is InChI=1S/C9H14IN3O2S/c1-6-7(10)8(11)13(12-6)9(2)3-4-16(14,15)5-9/h3-5,11H2,1-2H3. The van der Waals surface area contributed by atoms with Crippen molar-refractivity contribution in [1.82, 2.24) is 9.78 Å². The molecule has 1 unspecified atom stereocenters. The Morgan fingerprint density at radius 1 is 1.56 bits per heavy atom. The molecule has 7 heteroatoms. The van der Waals surface area contributed by atoms with Crippen LogP contribution in [-0.2, 0) is 15.4 Å². The van der Waals surface area contributed by atoms with E-state index in [1.165, 1.54) is 0 Å². The lowest BCUT2D eigenvalue weighted by Gasteiger charge is -2.24. The minimum absolute atomic E-state index is 0.126. The molecule has 1 aromatic heterocycles. The summed E-state index contributed by atoms with van der Waals surface area (Å²) >= 11 is 2.13. The van der Waals surface area contributed by atoms with E-state index in [1.54, 1.807) is 4.68 Å². The monoisotopic (exact) mass is 355 g/mol. The van der Waals surface area contributed by atoms with E-state index in [0.29, 0.717) is 12.2 Å². The maximum absolute atomic E-state index is 11.5. The van der Waals surface area contributed by atoms with Crippen LogP contribution in [0.5, 0.6) is 0 Å². The van der Waals surface area contributed by atoms with E-state index in [2.05, 4.69) is 27.7 Å². The lowest BCUT2D eigenvalue weighted by Crippen LogP contribution is -2.33. The van der Waals surface area contributed by atoms with Crippen molar-refractivity contribution in [3.05, 3.63) is 9.26 Å². The first kappa shape index (κ1) is 12.2. The summed E-state index contributed by atoms with van der Waals surface area (Å²) in [6.07, 6.45) is 0.580. The molecule has 1 saturated heterocycles. The van der Waals surface area contributed by atoms with E-state index in [-0.39, 0.29) is 11.5 Å². The van der Waals surface area contributed by atoms with Crippen LogP contribution < -0.4 is 5.73 Å². The Balaban J connectivity index is 2.49. The number of rotatable bonds is 1. The van der Waals surface area contributed by atoms with Crippen molar-refractivity contribution < 1.29 is 8.42 Å². The zero-order chi connectivity index (χ0) is 12.1. The molecule has 0 aromatic carbocycles. The molecule has 0 saturated carbocycles. The first-order valence-corrected chi connectivity index (χ1v) is 7.87. The van der Waals surface area contributed by atoms with Crippen molar-refractivity contribution in [2.75, 3.05) is 17.2 Å². The van der Waals surface area contributed by atoms with Crippen LogP contribution in [-0.4, -0.2) is 29.7 Å². The summed E-state index contributed by atoms with van der Waals surface area (Å²) in [5.41, 5.74) is 6.32. The highest BCUT2D eigenvalue weighted by Crippen LogP contribution is 2.34. The molecule has 1 atom stereocenters. The maximum Gasteiger partial charge on any atom is 0.152 e. The van der Waals surface area contributed by atoms with Crippen LogP contribution >= 0.6 is 22.6 Å². The largest absolute Gasteiger partial charge is 0.383 e. The van der Waals surface area contributed by atoms with E-state index < -0.39 is 15.4 Å². The molecule has 1 aliphatic rings. The second-order valence-electron chi connectivity index (χ2n) is 4.54. The molecule has 2 heterocycles. The van der Waals surface area contributed by atoms with Gasteiger partial charge in [-0.25, -0.2) is 13.1 Å². The molecule has 1 aromatic rings. The Morgan fingerprint density at radius 3 is 2.56 bits per heavy atom. The fourth-order valence-electron chi connectivity index (χ4n) is 2.10. The van der Waals surface area contributed by atoms with Gasteiger partial charge in [-0.1, -0.05) is 0 Å². The molecule has 16 heavy (non-hydrogen) atoms. The predicted octanol–water partition coefficient (Wildman–Crippen LogP) is 0.912. The summed E-state index contributed by atoms with van der Waals surface area (Å²) in [7, 11) is -2.94. The summed E-state index contributed by atoms with van der Waals surface area (Å²) in [5.74, 6) is 0.914. The summed E-state index contributed by atoms with van der Waals surface area (Å²) in [5, 5.41) is 4.35. The van der Waals surface area contributed by atoms with Crippen molar-refractivity contribution >= 4 is 38.2 Å². The minimum atomic E-state index is -2.94. The van der Waals surface area contributed by atoms with Crippen LogP contribution in [0.25, 0.3) is 0 Å². The molecule has 1 aliphatic heterocycles. The third-order valence-corrected chi connectivity index (χ3v) is 6.24. The van der Waals surface area contributed by atoms with Gasteiger partial charge in [-0.15, -0.1) is 0 Å². The van der Waals surface area contributed by atoms with Gasteiger partial charge in [0.05, 0.1) is 26.3 Å². The number of nitrogens with two attached hydrogens (primary N) is 1. The van der Waals surface area contributed by atoms with Crippen LogP contribution in [0, 0.1) is 10.5 Å². The number of aryl methyl sites for hydroxylation is 1. The number of nitrogen functional groups attached to an aromatic ring is 1. The zero-order valence-corrected chi connectivity index (χ0v) is 12.2. The van der Waals surface area contributed by atoms with Gasteiger partial charge in [0.25, 0.3) is 0 Å². The fourth-order valence-corrected chi connectivity index (χ4v) is 4.54. The molecule has 0 aliphatic carbocycles. The highest BCUT2D eigenvalue weighted by molar-refractivity contribution is 14.1. The lowest BCUT2D eigenvalue weighted by atomic mass is 10.0. The Morgan fingerprint density at radius 2 is 2.19 bits per heavy atom. The van der Waals surface area contributed by atoms with E-state index in [1.807, 2.05) is 13.8 Å². The van der Waals surface area contributed by atoms with Gasteiger partial charge in [0.1, 0.15) is 5.82 Å². The molecule has 0 bridgehead atoms. The van der Waals surface area contributed by atoms with Gasteiger partial charge in [-0.05, 0) is 42.9 Å². The van der Waals surface area contributed by atoms with Crippen LogP contribution in [0.4, 0.5) is 5.82 Å². The van der Waals surface area contributed by atoms with Crippen molar-refractivity contribution in [1.29, 1.82) is 0 Å². The molecule has 1 fully saturated rings. The molecular weight excluding hydrogens is 341 g/mol. The normalized spacial score (nSPS) is 28.4. The topological polar surface area (TPSA) is 78.0 Å². The van der Waals surface area contributed by atoms with Gasteiger partial charge in [0, 0.05) is 0 Å². The molecule has 90 valence electrons. The Labute approximate surface area is 108 Å². The molecule has 2 rings (SSSR count). The highest BCUT2D eigenvalue weighted by atomic mass is 127. The van der Waals surface area contributed by atoms with E-state index in [9.17, 15) is 8.42 Å². The molecule has 0 amide bonds. The van der Waals surface area contributed by atoms with Gasteiger partial charge in [-0.3, -0.25) is 0 Å². The van der Waals surface area contributed by atoms with Crippen molar-refractivity contribution in [3.63, 3.8) is 0 Å². The van der Waals surface area contributed by atoms with Crippen LogP contribution in [0.3, 0.4) is 0 Å². The maximum atomic E-state index is 11.5. The van der Waals surface area contributed by atoms with Crippen molar-refractivity contribution in [3.8, 4) is 0 Å². The quantitative estimate of drug-likeness (QED) is 0.760. The number of aromatic nitrogens is 2. The summed E-state index contributed by atoms with van der Waals surface area (Å²) in [6.45, 7) is 3.78. The highest BCUT2D eigenvalue weighted by Gasteiger charge is 2.42. The smallest absolute Gasteiger partial charge is 0.152 e. The molecular formula is C9H14IN3O2S. The Hall–Kier alpha value is -0.310. The third kappa shape index (κ3) is 1.83. The average molecular weight is 355 g/mol. The second-order valence-corrected chi connectivity index (χ2v) is 7.80. The molecule has 0 spiro atoms. The van der Waals surface area contributed by atoms with Gasteiger partial charge in [-0.2, -0.15) is 5.10 Å². The van der Waals surface area contributed by atoms with Crippen LogP contribution in [0.1, 0.15) is 19.0 Å². The van der Waals surface area contributed by atoms with Crippen LogP contribution in [0.15, 0.2) is 0 Å². The zero-order valence-electron chi connectivity index (χ0n) is 9.20. The first-order valence-electron chi connectivity index (χ1n) is 4.97. The summed E-state index contributed by atoms with van der Waals surface area (Å²) < 4.78 is 25.7. The molecule has 0 radical (unpaired) electrons. The number of halogens is 1. The van der Waals surface area contributed by atoms with E-state index >= 15 is 0 Å². The molecule has 5 nitrogen and oxygen atoms in total. The second kappa shape index (κ2) is 3.59. The minimum Gasteiger partial charge on any atom is -0.383 e. The SMILES string of the molecule is Cc1nn(C2(C)CCS(=O)(=O)C2)c(N)c1I. The molecule has 2 N–H and O–H groups in total. The number of nitrogens with zero attached hydrogens (tertiary/aromatic N) is 2. The van der Waals surface area contributed by atoms with E-state index in [4.69, 9.17) is 5.73 Å². The number of hydrogen-bond donors (Lipinski definition) is 1. The van der Waals surface area contributed by atoms with Crippen molar-refractivity contribution in [2.24, 2.45) is 0 Å². The van der Waals surface area contributed by atoms with Gasteiger partial charge in [0.2, 0.25) is 0 Å². The van der Waals surface area contributed by atoms with Crippen molar-refractivity contribution in [2.45, 2.75) is 25.8 Å². The van der Waals surface area contributed by atoms with Crippen LogP contribution in [0.2, 0.25) is 0 Å².